The van der Waals surface area contributed by atoms with E-state index in [-0.39, 0.29) is 5.82 Å². The fourth-order valence-corrected chi connectivity index (χ4v) is 2.41. The molecule has 118 valence electrons. The van der Waals surface area contributed by atoms with Gasteiger partial charge < -0.3 is 10.6 Å². The van der Waals surface area contributed by atoms with Crippen LogP contribution in [-0.2, 0) is 12.8 Å². The van der Waals surface area contributed by atoms with Gasteiger partial charge in [0.1, 0.15) is 5.82 Å². The summed E-state index contributed by atoms with van der Waals surface area (Å²) in [6.07, 6.45) is 3.01. The van der Waals surface area contributed by atoms with E-state index in [0.717, 1.165) is 51.0 Å². The largest absolute Gasteiger partial charge is 0.315 e. The lowest BCUT2D eigenvalue weighted by molar-refractivity contribution is 0.580. The van der Waals surface area contributed by atoms with Gasteiger partial charge in [-0.2, -0.15) is 0 Å². The molecule has 0 amide bonds. The van der Waals surface area contributed by atoms with Crippen LogP contribution in [0.2, 0.25) is 0 Å². The Balaban J connectivity index is 1.44. The highest BCUT2D eigenvalue weighted by Crippen LogP contribution is 2.06. The minimum absolute atomic E-state index is 0.108. The Bertz CT molecular complexity index is 528. The second-order valence-electron chi connectivity index (χ2n) is 5.43. The van der Waals surface area contributed by atoms with E-state index in [4.69, 9.17) is 0 Å². The van der Waals surface area contributed by atoms with Crippen LogP contribution in [0.25, 0.3) is 0 Å². The van der Waals surface area contributed by atoms with Crippen LogP contribution >= 0.6 is 0 Å². The van der Waals surface area contributed by atoms with Gasteiger partial charge in [-0.25, -0.2) is 4.39 Å². The maximum Gasteiger partial charge on any atom is 0.126 e. The van der Waals surface area contributed by atoms with E-state index in [1.54, 1.807) is 6.07 Å². The third-order valence-corrected chi connectivity index (χ3v) is 3.67. The van der Waals surface area contributed by atoms with Crippen LogP contribution in [0, 0.1) is 5.82 Å². The second-order valence-corrected chi connectivity index (χ2v) is 5.43. The highest BCUT2D eigenvalue weighted by atomic mass is 19.1. The first kappa shape index (κ1) is 16.7. The normalized spacial score (nSPS) is 10.8. The van der Waals surface area contributed by atoms with Gasteiger partial charge in [0, 0.05) is 13.1 Å². The third-order valence-electron chi connectivity index (χ3n) is 3.67. The third kappa shape index (κ3) is 6.37. The van der Waals surface area contributed by atoms with E-state index in [1.807, 2.05) is 12.1 Å². The average molecular weight is 300 g/mol. The van der Waals surface area contributed by atoms with Crippen molar-refractivity contribution in [1.82, 2.24) is 10.6 Å². The fraction of sp³-hybridized carbons (Fsp3) is 0.368. The van der Waals surface area contributed by atoms with Crippen molar-refractivity contribution in [3.05, 3.63) is 71.5 Å². The van der Waals surface area contributed by atoms with E-state index in [2.05, 4.69) is 41.0 Å². The molecule has 0 aliphatic heterocycles. The van der Waals surface area contributed by atoms with Crippen molar-refractivity contribution in [3.8, 4) is 0 Å². The summed E-state index contributed by atoms with van der Waals surface area (Å²) in [5, 5.41) is 6.77. The molecule has 2 N–H and O–H groups in total. The maximum atomic E-state index is 13.4. The Morgan fingerprint density at radius 3 is 2.14 bits per heavy atom. The van der Waals surface area contributed by atoms with E-state index >= 15 is 0 Å². The summed E-state index contributed by atoms with van der Waals surface area (Å²) in [5.41, 5.74) is 2.18. The van der Waals surface area contributed by atoms with E-state index in [1.165, 1.54) is 11.6 Å². The Kier molecular flexibility index (Phi) is 7.64. The molecule has 2 aromatic rings. The molecule has 0 aromatic heterocycles. The predicted octanol–water partition coefficient (Wildman–Crippen LogP) is 3.18. The molecule has 0 spiro atoms. The molecule has 3 heteroatoms. The Morgan fingerprint density at radius 2 is 1.36 bits per heavy atom. The number of hydrogen-bond donors (Lipinski definition) is 2. The standard InChI is InChI=1S/C19H25FN2/c20-19-11-5-4-10-18(19)12-14-22-16-15-21-13-6-9-17-7-2-1-3-8-17/h1-5,7-8,10-11,21-22H,6,9,12-16H2. The summed E-state index contributed by atoms with van der Waals surface area (Å²) in [6, 6.07) is 17.5. The van der Waals surface area contributed by atoms with Gasteiger partial charge in [0.05, 0.1) is 0 Å². The van der Waals surface area contributed by atoms with Crippen LogP contribution in [0.15, 0.2) is 54.6 Å². The zero-order valence-electron chi connectivity index (χ0n) is 13.0. The fourth-order valence-electron chi connectivity index (χ4n) is 2.41. The Hall–Kier alpha value is -1.71. The van der Waals surface area contributed by atoms with Crippen LogP contribution < -0.4 is 10.6 Å². The molecule has 22 heavy (non-hydrogen) atoms. The van der Waals surface area contributed by atoms with Gasteiger partial charge in [-0.05, 0) is 49.5 Å². The van der Waals surface area contributed by atoms with Crippen molar-refractivity contribution in [2.75, 3.05) is 26.2 Å². The van der Waals surface area contributed by atoms with E-state index < -0.39 is 0 Å². The second kappa shape index (κ2) is 10.1. The smallest absolute Gasteiger partial charge is 0.126 e. The molecule has 0 radical (unpaired) electrons. The lowest BCUT2D eigenvalue weighted by Gasteiger charge is -2.07. The first-order valence-electron chi connectivity index (χ1n) is 8.05. The number of nitrogens with one attached hydrogen (secondary N) is 2. The Morgan fingerprint density at radius 1 is 0.682 bits per heavy atom. The van der Waals surface area contributed by atoms with Crippen LogP contribution in [0.5, 0.6) is 0 Å². The molecule has 2 rings (SSSR count). The molecule has 0 atom stereocenters. The monoisotopic (exact) mass is 300 g/mol. The summed E-state index contributed by atoms with van der Waals surface area (Å²) in [6.45, 7) is 3.71. The van der Waals surface area contributed by atoms with E-state index in [0.29, 0.717) is 0 Å². The van der Waals surface area contributed by atoms with Crippen molar-refractivity contribution in [3.63, 3.8) is 0 Å². The summed E-state index contributed by atoms with van der Waals surface area (Å²) >= 11 is 0. The molecule has 2 nitrogen and oxygen atoms in total. The molecule has 0 saturated heterocycles. The zero-order valence-corrected chi connectivity index (χ0v) is 13.0. The van der Waals surface area contributed by atoms with Crippen LogP contribution in [0.4, 0.5) is 4.39 Å². The van der Waals surface area contributed by atoms with E-state index in [9.17, 15) is 4.39 Å². The Labute approximate surface area is 132 Å². The number of aryl methyl sites for hydroxylation is 1. The number of rotatable bonds is 10. The molecule has 0 unspecified atom stereocenters. The molecular formula is C19H25FN2. The first-order chi connectivity index (χ1) is 10.9. The minimum atomic E-state index is -0.108. The molecule has 0 bridgehead atoms. The van der Waals surface area contributed by atoms with Crippen molar-refractivity contribution < 1.29 is 4.39 Å². The van der Waals surface area contributed by atoms with Gasteiger partial charge in [0.25, 0.3) is 0 Å². The van der Waals surface area contributed by atoms with Crippen LogP contribution in [-0.4, -0.2) is 26.2 Å². The number of hydrogen-bond acceptors (Lipinski definition) is 2. The van der Waals surface area contributed by atoms with Gasteiger partial charge >= 0.3 is 0 Å². The molecule has 0 aliphatic rings. The zero-order chi connectivity index (χ0) is 15.5. The summed E-state index contributed by atoms with van der Waals surface area (Å²) in [7, 11) is 0. The topological polar surface area (TPSA) is 24.1 Å². The quantitative estimate of drug-likeness (QED) is 0.659. The number of benzene rings is 2. The minimum Gasteiger partial charge on any atom is -0.315 e. The highest BCUT2D eigenvalue weighted by molar-refractivity contribution is 5.17. The lowest BCUT2D eigenvalue weighted by atomic mass is 10.1. The molecule has 0 heterocycles. The molecule has 0 saturated carbocycles. The van der Waals surface area contributed by atoms with Gasteiger partial charge in [-0.1, -0.05) is 48.5 Å². The van der Waals surface area contributed by atoms with Crippen molar-refractivity contribution in [2.45, 2.75) is 19.3 Å². The summed E-state index contributed by atoms with van der Waals surface area (Å²) in [4.78, 5) is 0. The predicted molar refractivity (Wildman–Crippen MR) is 90.6 cm³/mol. The molecule has 0 fully saturated rings. The average Bonchev–Trinajstić information content (AvgIpc) is 2.56. The molecule has 2 aromatic carbocycles. The van der Waals surface area contributed by atoms with Crippen molar-refractivity contribution in [1.29, 1.82) is 0 Å². The SMILES string of the molecule is Fc1ccccc1CCNCCNCCCc1ccccc1. The number of halogens is 1. The van der Waals surface area contributed by atoms with Crippen LogP contribution in [0.1, 0.15) is 17.5 Å². The van der Waals surface area contributed by atoms with Gasteiger partial charge in [-0.3, -0.25) is 0 Å². The maximum absolute atomic E-state index is 13.4. The van der Waals surface area contributed by atoms with Gasteiger partial charge in [0.15, 0.2) is 0 Å². The molecular weight excluding hydrogens is 275 g/mol. The lowest BCUT2D eigenvalue weighted by Crippen LogP contribution is -2.29. The van der Waals surface area contributed by atoms with Crippen molar-refractivity contribution in [2.24, 2.45) is 0 Å². The van der Waals surface area contributed by atoms with Crippen molar-refractivity contribution >= 4 is 0 Å². The highest BCUT2D eigenvalue weighted by Gasteiger charge is 1.99. The van der Waals surface area contributed by atoms with Gasteiger partial charge in [0.2, 0.25) is 0 Å². The summed E-state index contributed by atoms with van der Waals surface area (Å²) < 4.78 is 13.4. The van der Waals surface area contributed by atoms with Gasteiger partial charge in [-0.15, -0.1) is 0 Å². The van der Waals surface area contributed by atoms with Crippen LogP contribution in [0.3, 0.4) is 0 Å². The first-order valence-corrected chi connectivity index (χ1v) is 8.05. The molecule has 0 aliphatic carbocycles. The summed E-state index contributed by atoms with van der Waals surface area (Å²) in [5.74, 6) is -0.108.